The van der Waals surface area contributed by atoms with Crippen LogP contribution in [0, 0.1) is 0 Å². The van der Waals surface area contributed by atoms with Crippen molar-refractivity contribution in [2.75, 3.05) is 7.11 Å². The number of benzene rings is 1. The molecule has 96 valence electrons. The Morgan fingerprint density at radius 3 is 3.00 bits per heavy atom. The van der Waals surface area contributed by atoms with Crippen LogP contribution in [0.4, 0.5) is 0 Å². The van der Waals surface area contributed by atoms with Crippen molar-refractivity contribution in [3.05, 3.63) is 41.5 Å². The second-order valence-electron chi connectivity index (χ2n) is 3.76. The number of aldehydes is 1. The number of aromatic nitrogens is 2. The lowest BCUT2D eigenvalue weighted by Gasteiger charge is -2.05. The first-order chi connectivity index (χ1) is 9.31. The van der Waals surface area contributed by atoms with Crippen LogP contribution in [-0.2, 0) is 0 Å². The molecule has 0 atom stereocenters. The third-order valence-electron chi connectivity index (χ3n) is 2.63. The highest BCUT2D eigenvalue weighted by Gasteiger charge is 2.14. The summed E-state index contributed by atoms with van der Waals surface area (Å²) in [6.07, 6.45) is 2.53. The van der Waals surface area contributed by atoms with Crippen molar-refractivity contribution >= 4 is 22.6 Å². The van der Waals surface area contributed by atoms with Gasteiger partial charge in [-0.1, -0.05) is 6.07 Å². The predicted octanol–water partition coefficient (Wildman–Crippen LogP) is 3.01. The van der Waals surface area contributed by atoms with Gasteiger partial charge in [0, 0.05) is 17.6 Å². The summed E-state index contributed by atoms with van der Waals surface area (Å²) in [5.74, 6) is 1.56. The minimum atomic E-state index is 0.301. The number of nitrogens with zero attached hydrogens (tertiary/aromatic N) is 2. The Hall–Kier alpha value is -2.34. The van der Waals surface area contributed by atoms with Crippen LogP contribution in [0.1, 0.15) is 10.5 Å². The second-order valence-corrected chi connectivity index (χ2v) is 4.63. The molecule has 1 aromatic carbocycles. The van der Waals surface area contributed by atoms with Crippen LogP contribution >= 0.6 is 11.3 Å². The highest BCUT2D eigenvalue weighted by molar-refractivity contribution is 7.15. The maximum Gasteiger partial charge on any atom is 0.250 e. The van der Waals surface area contributed by atoms with Gasteiger partial charge in [0.2, 0.25) is 5.88 Å². The molecule has 3 aromatic rings. The largest absolute Gasteiger partial charge is 0.497 e. The monoisotopic (exact) mass is 274 g/mol. The summed E-state index contributed by atoms with van der Waals surface area (Å²) in [6, 6.07) is 7.15. The van der Waals surface area contributed by atoms with Crippen LogP contribution < -0.4 is 9.47 Å². The fourth-order valence-electron chi connectivity index (χ4n) is 1.74. The zero-order valence-corrected chi connectivity index (χ0v) is 10.9. The molecule has 0 aliphatic heterocycles. The minimum absolute atomic E-state index is 0.301. The smallest absolute Gasteiger partial charge is 0.250 e. The molecule has 0 saturated heterocycles. The predicted molar refractivity (Wildman–Crippen MR) is 71.5 cm³/mol. The van der Waals surface area contributed by atoms with E-state index < -0.39 is 0 Å². The van der Waals surface area contributed by atoms with Crippen molar-refractivity contribution in [3.63, 3.8) is 0 Å². The molecule has 0 aliphatic rings. The summed E-state index contributed by atoms with van der Waals surface area (Å²) in [7, 11) is 1.59. The van der Waals surface area contributed by atoms with Crippen molar-refractivity contribution in [3.8, 4) is 17.4 Å². The molecule has 0 spiro atoms. The van der Waals surface area contributed by atoms with E-state index in [4.69, 9.17) is 9.47 Å². The Morgan fingerprint density at radius 2 is 2.21 bits per heavy atom. The Balaban J connectivity index is 2.00. The van der Waals surface area contributed by atoms with Crippen LogP contribution in [0.15, 0.2) is 35.8 Å². The van der Waals surface area contributed by atoms with Gasteiger partial charge < -0.3 is 9.47 Å². The lowest BCUT2D eigenvalue weighted by Crippen LogP contribution is -1.92. The Labute approximate surface area is 113 Å². The third kappa shape index (κ3) is 2.06. The van der Waals surface area contributed by atoms with Gasteiger partial charge >= 0.3 is 0 Å². The lowest BCUT2D eigenvalue weighted by molar-refractivity contribution is 0.111. The third-order valence-corrected chi connectivity index (χ3v) is 3.39. The van der Waals surface area contributed by atoms with E-state index >= 15 is 0 Å². The van der Waals surface area contributed by atoms with Crippen LogP contribution in [0.2, 0.25) is 0 Å². The Kier molecular flexibility index (Phi) is 2.92. The molecule has 0 radical (unpaired) electrons. The van der Waals surface area contributed by atoms with Crippen LogP contribution in [-0.4, -0.2) is 22.8 Å². The molecule has 0 amide bonds. The van der Waals surface area contributed by atoms with Crippen molar-refractivity contribution in [1.29, 1.82) is 0 Å². The van der Waals surface area contributed by atoms with Gasteiger partial charge in [-0.2, -0.15) is 4.98 Å². The first-order valence-electron chi connectivity index (χ1n) is 5.54. The molecule has 2 aromatic heterocycles. The first-order valence-corrected chi connectivity index (χ1v) is 6.42. The van der Waals surface area contributed by atoms with E-state index in [9.17, 15) is 4.79 Å². The summed E-state index contributed by atoms with van der Waals surface area (Å²) >= 11 is 1.44. The van der Waals surface area contributed by atoms with Gasteiger partial charge in [-0.05, 0) is 12.1 Å². The number of methoxy groups -OCH3 is 1. The maximum absolute atomic E-state index is 11.2. The van der Waals surface area contributed by atoms with Gasteiger partial charge in [0.1, 0.15) is 11.5 Å². The van der Waals surface area contributed by atoms with Gasteiger partial charge in [-0.15, -0.1) is 11.3 Å². The van der Waals surface area contributed by atoms with Gasteiger partial charge in [0.05, 0.1) is 7.11 Å². The SMILES string of the molecule is COc1cccc(Oc2nc3sccn3c2C=O)c1. The van der Waals surface area contributed by atoms with Crippen LogP contribution in [0.3, 0.4) is 0 Å². The molecule has 0 bridgehead atoms. The molecule has 19 heavy (non-hydrogen) atoms. The molecule has 0 aliphatic carbocycles. The number of thiazole rings is 1. The topological polar surface area (TPSA) is 52.8 Å². The number of hydrogen-bond donors (Lipinski definition) is 0. The van der Waals surface area contributed by atoms with Gasteiger partial charge in [0.25, 0.3) is 0 Å². The molecule has 0 fully saturated rings. The van der Waals surface area contributed by atoms with Crippen LogP contribution in [0.5, 0.6) is 17.4 Å². The summed E-state index contributed by atoms with van der Waals surface area (Å²) in [5, 5.41) is 1.87. The van der Waals surface area contributed by atoms with Crippen molar-refractivity contribution in [2.45, 2.75) is 0 Å². The number of carbonyl (C=O) groups excluding carboxylic acids is 1. The van der Waals surface area contributed by atoms with Crippen molar-refractivity contribution in [1.82, 2.24) is 9.38 Å². The van der Waals surface area contributed by atoms with Gasteiger partial charge in [-0.25, -0.2) is 0 Å². The molecule has 0 N–H and O–H groups in total. The summed E-state index contributed by atoms with van der Waals surface area (Å²) < 4.78 is 12.5. The zero-order chi connectivity index (χ0) is 13.2. The first kappa shape index (κ1) is 11.7. The van der Waals surface area contributed by atoms with E-state index in [1.165, 1.54) is 11.3 Å². The Morgan fingerprint density at radius 1 is 1.37 bits per heavy atom. The summed E-state index contributed by atoms with van der Waals surface area (Å²) in [5.41, 5.74) is 0.402. The molecule has 5 nitrogen and oxygen atoms in total. The average Bonchev–Trinajstić information content (AvgIpc) is 2.99. The summed E-state index contributed by atoms with van der Waals surface area (Å²) in [4.78, 5) is 16.2. The average molecular weight is 274 g/mol. The molecular weight excluding hydrogens is 264 g/mol. The fourth-order valence-corrected chi connectivity index (χ4v) is 2.45. The van der Waals surface area contributed by atoms with E-state index in [2.05, 4.69) is 4.98 Å². The zero-order valence-electron chi connectivity index (χ0n) is 10.1. The molecule has 3 rings (SSSR count). The fraction of sp³-hybridized carbons (Fsp3) is 0.0769. The van der Waals surface area contributed by atoms with Crippen LogP contribution in [0.25, 0.3) is 4.96 Å². The van der Waals surface area contributed by atoms with Gasteiger partial charge in [0.15, 0.2) is 16.9 Å². The number of carbonyl (C=O) groups is 1. The van der Waals surface area contributed by atoms with E-state index in [1.807, 2.05) is 17.5 Å². The molecule has 6 heteroatoms. The lowest BCUT2D eigenvalue weighted by atomic mass is 10.3. The second kappa shape index (κ2) is 4.74. The number of hydrogen-bond acceptors (Lipinski definition) is 5. The molecule has 0 unspecified atom stereocenters. The maximum atomic E-state index is 11.2. The van der Waals surface area contributed by atoms with E-state index in [0.717, 1.165) is 11.2 Å². The van der Waals surface area contributed by atoms with Crippen molar-refractivity contribution < 1.29 is 14.3 Å². The normalized spacial score (nSPS) is 10.6. The van der Waals surface area contributed by atoms with E-state index in [0.29, 0.717) is 23.1 Å². The van der Waals surface area contributed by atoms with E-state index in [-0.39, 0.29) is 0 Å². The Bertz CT molecular complexity index is 732. The number of imidazole rings is 1. The quantitative estimate of drug-likeness (QED) is 0.686. The molecule has 2 heterocycles. The van der Waals surface area contributed by atoms with E-state index in [1.54, 1.807) is 29.8 Å². The van der Waals surface area contributed by atoms with Crippen molar-refractivity contribution in [2.24, 2.45) is 0 Å². The highest BCUT2D eigenvalue weighted by atomic mass is 32.1. The number of ether oxygens (including phenoxy) is 2. The minimum Gasteiger partial charge on any atom is -0.497 e. The molecule has 0 saturated carbocycles. The molecular formula is C13H10N2O3S. The summed E-state index contributed by atoms with van der Waals surface area (Å²) in [6.45, 7) is 0. The van der Waals surface area contributed by atoms with Gasteiger partial charge in [-0.3, -0.25) is 9.20 Å². The standard InChI is InChI=1S/C13H10N2O3S/c1-17-9-3-2-4-10(7-9)18-12-11(8-16)15-5-6-19-13(15)14-12/h2-8H,1H3. The highest BCUT2D eigenvalue weighted by Crippen LogP contribution is 2.28. The number of fused-ring (bicyclic) bond motifs is 1. The number of rotatable bonds is 4.